The van der Waals surface area contributed by atoms with Gasteiger partial charge in [-0.05, 0) is 44.4 Å². The van der Waals surface area contributed by atoms with Crippen LogP contribution in [0.5, 0.6) is 0 Å². The highest BCUT2D eigenvalue weighted by Gasteiger charge is 2.32. The van der Waals surface area contributed by atoms with Crippen LogP contribution in [0.25, 0.3) is 0 Å². The number of nitriles is 1. The lowest BCUT2D eigenvalue weighted by atomic mass is 9.97. The van der Waals surface area contributed by atoms with Gasteiger partial charge in [0.15, 0.2) is 5.82 Å². The predicted octanol–water partition coefficient (Wildman–Crippen LogP) is 3.34. The van der Waals surface area contributed by atoms with Crippen LogP contribution >= 0.6 is 0 Å². The Hall–Kier alpha value is -2.26. The van der Waals surface area contributed by atoms with Crippen LogP contribution in [-0.4, -0.2) is 28.1 Å². The number of piperidine rings is 1. The first-order valence-corrected chi connectivity index (χ1v) is 8.47. The Balaban J connectivity index is 1.43. The van der Waals surface area contributed by atoms with Crippen molar-refractivity contribution in [2.24, 2.45) is 0 Å². The van der Waals surface area contributed by atoms with Gasteiger partial charge in [-0.2, -0.15) is 10.2 Å². The van der Waals surface area contributed by atoms with E-state index in [0.29, 0.717) is 23.6 Å². The third-order valence-electron chi connectivity index (χ3n) is 4.83. The summed E-state index contributed by atoms with van der Waals surface area (Å²) < 4.78 is 19.5. The molecule has 0 N–H and O–H groups in total. The van der Waals surface area contributed by atoms with E-state index in [2.05, 4.69) is 15.0 Å². The van der Waals surface area contributed by atoms with Crippen molar-refractivity contribution in [1.29, 1.82) is 5.26 Å². The molecule has 2 aliphatic rings. The molecule has 1 aromatic heterocycles. The summed E-state index contributed by atoms with van der Waals surface area (Å²) in [5, 5.41) is 13.0. The Bertz CT molecular complexity index is 778. The molecule has 2 aromatic rings. The number of halogens is 1. The molecular weight excluding hydrogens is 307 g/mol. The quantitative estimate of drug-likeness (QED) is 0.862. The molecule has 2 heterocycles. The lowest BCUT2D eigenvalue weighted by molar-refractivity contribution is 0.192. The molecule has 6 heteroatoms. The molecule has 1 atom stereocenters. The van der Waals surface area contributed by atoms with Crippen LogP contribution in [0, 0.1) is 17.1 Å². The molecule has 2 fully saturated rings. The maximum Gasteiger partial charge on any atom is 0.229 e. The van der Waals surface area contributed by atoms with Gasteiger partial charge in [0.25, 0.3) is 0 Å². The van der Waals surface area contributed by atoms with Crippen molar-refractivity contribution >= 4 is 0 Å². The Morgan fingerprint density at radius 1 is 1.29 bits per heavy atom. The number of benzene rings is 1. The van der Waals surface area contributed by atoms with Crippen LogP contribution in [0.4, 0.5) is 4.39 Å². The highest BCUT2D eigenvalue weighted by molar-refractivity contribution is 5.32. The Morgan fingerprint density at radius 3 is 2.92 bits per heavy atom. The lowest BCUT2D eigenvalue weighted by Crippen LogP contribution is -2.34. The zero-order valence-corrected chi connectivity index (χ0v) is 13.4. The maximum absolute atomic E-state index is 14.1. The minimum absolute atomic E-state index is 0.247. The monoisotopic (exact) mass is 326 g/mol. The van der Waals surface area contributed by atoms with Crippen molar-refractivity contribution in [1.82, 2.24) is 15.0 Å². The zero-order chi connectivity index (χ0) is 16.5. The number of aromatic nitrogens is 2. The predicted molar refractivity (Wildman–Crippen MR) is 84.6 cm³/mol. The topological polar surface area (TPSA) is 66.0 Å². The van der Waals surface area contributed by atoms with Crippen molar-refractivity contribution < 1.29 is 8.91 Å². The summed E-state index contributed by atoms with van der Waals surface area (Å²) in [4.78, 5) is 6.79. The first kappa shape index (κ1) is 15.3. The highest BCUT2D eigenvalue weighted by atomic mass is 19.1. The van der Waals surface area contributed by atoms with E-state index in [4.69, 9.17) is 9.78 Å². The molecule has 0 radical (unpaired) electrons. The molecule has 0 amide bonds. The first-order valence-electron chi connectivity index (χ1n) is 8.47. The Kier molecular flexibility index (Phi) is 4.03. The van der Waals surface area contributed by atoms with Crippen LogP contribution in [-0.2, 0) is 6.54 Å². The summed E-state index contributed by atoms with van der Waals surface area (Å²) in [6, 6.07) is 6.64. The van der Waals surface area contributed by atoms with E-state index in [0.717, 1.165) is 50.5 Å². The van der Waals surface area contributed by atoms with Gasteiger partial charge >= 0.3 is 0 Å². The second-order valence-corrected chi connectivity index (χ2v) is 6.76. The van der Waals surface area contributed by atoms with Gasteiger partial charge in [0.1, 0.15) is 5.82 Å². The van der Waals surface area contributed by atoms with E-state index < -0.39 is 0 Å². The molecule has 5 nitrogen and oxygen atoms in total. The van der Waals surface area contributed by atoms with Crippen LogP contribution in [0.3, 0.4) is 0 Å². The molecule has 24 heavy (non-hydrogen) atoms. The maximum atomic E-state index is 14.1. The normalized spacial score (nSPS) is 21.6. The Morgan fingerprint density at radius 2 is 2.17 bits per heavy atom. The molecular formula is C18H19FN4O. The number of likely N-dealkylation sites (tertiary alicyclic amines) is 1. The molecule has 0 spiro atoms. The summed E-state index contributed by atoms with van der Waals surface area (Å²) in [5.74, 6) is 1.98. The average molecular weight is 326 g/mol. The molecule has 1 aliphatic carbocycles. The van der Waals surface area contributed by atoms with Crippen molar-refractivity contribution in [3.63, 3.8) is 0 Å². The van der Waals surface area contributed by atoms with Gasteiger partial charge in [-0.3, -0.25) is 4.90 Å². The van der Waals surface area contributed by atoms with E-state index >= 15 is 0 Å². The second kappa shape index (κ2) is 6.33. The fourth-order valence-corrected chi connectivity index (χ4v) is 3.31. The second-order valence-electron chi connectivity index (χ2n) is 6.76. The molecule has 1 aliphatic heterocycles. The SMILES string of the molecule is N#Cc1ccc(CN2CCCC(c3noc(C4CC4)n3)C2)c(F)c1. The standard InChI is InChI=1S/C18H19FN4O/c19-16-8-12(9-20)3-4-14(16)10-23-7-1-2-15(11-23)17-21-18(24-22-17)13-5-6-13/h3-4,8,13,15H,1-2,5-7,10-11H2. The summed E-state index contributed by atoms with van der Waals surface area (Å²) >= 11 is 0. The van der Waals surface area contributed by atoms with E-state index in [1.54, 1.807) is 12.1 Å². The zero-order valence-electron chi connectivity index (χ0n) is 13.4. The molecule has 1 aromatic carbocycles. The van der Waals surface area contributed by atoms with Gasteiger partial charge in [0.05, 0.1) is 11.6 Å². The largest absolute Gasteiger partial charge is 0.339 e. The van der Waals surface area contributed by atoms with Crippen molar-refractivity contribution in [3.05, 3.63) is 46.9 Å². The number of nitrogens with zero attached hydrogens (tertiary/aromatic N) is 4. The molecule has 1 saturated heterocycles. The van der Waals surface area contributed by atoms with Gasteiger partial charge in [-0.1, -0.05) is 11.2 Å². The van der Waals surface area contributed by atoms with E-state index in [-0.39, 0.29) is 11.7 Å². The van der Waals surface area contributed by atoms with Crippen LogP contribution < -0.4 is 0 Å². The third-order valence-corrected chi connectivity index (χ3v) is 4.83. The summed E-state index contributed by atoms with van der Waals surface area (Å²) in [7, 11) is 0. The smallest absolute Gasteiger partial charge is 0.229 e. The molecule has 0 bridgehead atoms. The van der Waals surface area contributed by atoms with Crippen LogP contribution in [0.2, 0.25) is 0 Å². The summed E-state index contributed by atoms with van der Waals surface area (Å²) in [6.45, 7) is 2.29. The lowest BCUT2D eigenvalue weighted by Gasteiger charge is -2.31. The molecule has 1 unspecified atom stereocenters. The summed E-state index contributed by atoms with van der Waals surface area (Å²) in [6.07, 6.45) is 4.37. The van der Waals surface area contributed by atoms with E-state index in [1.165, 1.54) is 6.07 Å². The van der Waals surface area contributed by atoms with E-state index in [1.807, 2.05) is 6.07 Å². The average Bonchev–Trinajstić information content (AvgIpc) is 3.34. The van der Waals surface area contributed by atoms with Gasteiger partial charge in [0, 0.05) is 30.5 Å². The fourth-order valence-electron chi connectivity index (χ4n) is 3.31. The summed E-state index contributed by atoms with van der Waals surface area (Å²) in [5.41, 5.74) is 0.980. The van der Waals surface area contributed by atoms with Crippen molar-refractivity contribution in [2.45, 2.75) is 44.1 Å². The van der Waals surface area contributed by atoms with Crippen LogP contribution in [0.1, 0.15) is 60.4 Å². The molecule has 4 rings (SSSR count). The van der Waals surface area contributed by atoms with Crippen molar-refractivity contribution in [2.75, 3.05) is 13.1 Å². The van der Waals surface area contributed by atoms with Gasteiger partial charge in [0.2, 0.25) is 5.89 Å². The minimum atomic E-state index is -0.313. The number of hydrogen-bond donors (Lipinski definition) is 0. The highest BCUT2D eigenvalue weighted by Crippen LogP contribution is 2.39. The van der Waals surface area contributed by atoms with E-state index in [9.17, 15) is 4.39 Å². The third kappa shape index (κ3) is 3.17. The molecule has 124 valence electrons. The number of rotatable bonds is 4. The van der Waals surface area contributed by atoms with Gasteiger partial charge in [-0.25, -0.2) is 4.39 Å². The minimum Gasteiger partial charge on any atom is -0.339 e. The van der Waals surface area contributed by atoms with Crippen LogP contribution in [0.15, 0.2) is 22.7 Å². The first-order chi connectivity index (χ1) is 11.7. The molecule has 1 saturated carbocycles. The van der Waals surface area contributed by atoms with Crippen molar-refractivity contribution in [3.8, 4) is 6.07 Å². The number of hydrogen-bond acceptors (Lipinski definition) is 5. The fraction of sp³-hybridized carbons (Fsp3) is 0.500. The van der Waals surface area contributed by atoms with Gasteiger partial charge in [-0.15, -0.1) is 0 Å². The Labute approximate surface area is 140 Å². The van der Waals surface area contributed by atoms with Gasteiger partial charge < -0.3 is 4.52 Å².